The molecular weight excluding hydrogens is 326 g/mol. The highest BCUT2D eigenvalue weighted by Gasteiger charge is 2.27. The summed E-state index contributed by atoms with van der Waals surface area (Å²) >= 11 is 8.48. The lowest BCUT2D eigenvalue weighted by Crippen LogP contribution is -2.11. The molecule has 1 atom stereocenters. The lowest BCUT2D eigenvalue weighted by Gasteiger charge is -2.03. The average molecular weight is 334 g/mol. The molecule has 7 heteroatoms. The van der Waals surface area contributed by atoms with Gasteiger partial charge in [-0.2, -0.15) is 9.64 Å². The molecule has 0 fully saturated rings. The third kappa shape index (κ3) is 2.56. The molecule has 3 rings (SSSR count). The van der Waals surface area contributed by atoms with E-state index in [1.54, 1.807) is 24.4 Å². The van der Waals surface area contributed by atoms with Gasteiger partial charge in [-0.1, -0.05) is 11.6 Å². The third-order valence-corrected chi connectivity index (χ3v) is 5.08. The Labute approximate surface area is 133 Å². The number of halogens is 1. The average Bonchev–Trinajstić information content (AvgIpc) is 3.05. The number of aryl methyl sites for hydroxylation is 1. The van der Waals surface area contributed by atoms with Gasteiger partial charge in [-0.05, 0) is 36.7 Å². The topological polar surface area (TPSA) is 66.6 Å². The van der Waals surface area contributed by atoms with E-state index in [1.807, 2.05) is 6.07 Å². The molecule has 2 heterocycles. The van der Waals surface area contributed by atoms with E-state index in [9.17, 15) is 10.1 Å². The molecule has 0 N–H and O–H groups in total. The molecule has 1 aromatic carbocycles. The molecule has 0 aliphatic rings. The van der Waals surface area contributed by atoms with Crippen LogP contribution in [0.25, 0.3) is 10.2 Å². The summed E-state index contributed by atoms with van der Waals surface area (Å²) in [4.78, 5) is 16.9. The van der Waals surface area contributed by atoms with Crippen LogP contribution in [0.15, 0.2) is 23.6 Å². The highest BCUT2D eigenvalue weighted by atomic mass is 35.5. The number of Topliss-reactive ketones (excluding diaryl/α,β-unsaturated/α-hetero) is 1. The van der Waals surface area contributed by atoms with Crippen LogP contribution in [0.4, 0.5) is 0 Å². The normalized spacial score (nSPS) is 12.2. The summed E-state index contributed by atoms with van der Waals surface area (Å²) in [6, 6.07) is 7.39. The summed E-state index contributed by atoms with van der Waals surface area (Å²) in [6.45, 7) is 1.76. The van der Waals surface area contributed by atoms with Gasteiger partial charge in [0.1, 0.15) is 5.01 Å². The number of nitriles is 1. The number of carbonyl (C=O) groups is 1. The van der Waals surface area contributed by atoms with Crippen LogP contribution in [-0.4, -0.2) is 15.1 Å². The SMILES string of the molecule is Cc1nscc1C(=O)[C@@H](C#N)c1nc2cc(Cl)ccc2s1. The molecule has 2 aromatic heterocycles. The van der Waals surface area contributed by atoms with Crippen molar-refractivity contribution < 1.29 is 4.79 Å². The fraction of sp³-hybridized carbons (Fsp3) is 0.143. The van der Waals surface area contributed by atoms with Crippen LogP contribution < -0.4 is 0 Å². The zero-order valence-corrected chi connectivity index (χ0v) is 13.2. The highest BCUT2D eigenvalue weighted by molar-refractivity contribution is 7.18. The second-order valence-electron chi connectivity index (χ2n) is 4.40. The summed E-state index contributed by atoms with van der Waals surface area (Å²) in [5.74, 6) is -1.16. The van der Waals surface area contributed by atoms with Gasteiger partial charge in [-0.15, -0.1) is 11.3 Å². The van der Waals surface area contributed by atoms with Crippen LogP contribution in [0.5, 0.6) is 0 Å². The number of aromatic nitrogens is 2. The number of fused-ring (bicyclic) bond motifs is 1. The molecule has 0 bridgehead atoms. The maximum Gasteiger partial charge on any atom is 0.189 e. The molecule has 0 unspecified atom stereocenters. The quantitative estimate of drug-likeness (QED) is 0.673. The summed E-state index contributed by atoms with van der Waals surface area (Å²) < 4.78 is 4.98. The van der Waals surface area contributed by atoms with Crippen LogP contribution in [0, 0.1) is 18.3 Å². The van der Waals surface area contributed by atoms with E-state index >= 15 is 0 Å². The number of carbonyl (C=O) groups excluding carboxylic acids is 1. The first kappa shape index (κ1) is 14.1. The molecule has 0 saturated heterocycles. The lowest BCUT2D eigenvalue weighted by molar-refractivity contribution is 0.0978. The van der Waals surface area contributed by atoms with Crippen molar-refractivity contribution in [3.8, 4) is 6.07 Å². The van der Waals surface area contributed by atoms with Crippen molar-refractivity contribution in [1.82, 2.24) is 9.36 Å². The highest BCUT2D eigenvalue weighted by Crippen LogP contribution is 2.31. The standard InChI is InChI=1S/C14H8ClN3OS2/c1-7-10(6-20-18-7)13(19)9(5-16)14-17-11-4-8(15)2-3-12(11)21-14/h2-4,6,9H,1H3/t9-/m1/s1. The first-order valence-corrected chi connectivity index (χ1v) is 8.04. The molecule has 0 saturated carbocycles. The van der Waals surface area contributed by atoms with Crippen molar-refractivity contribution in [2.45, 2.75) is 12.8 Å². The number of nitrogens with zero attached hydrogens (tertiary/aromatic N) is 3. The fourth-order valence-electron chi connectivity index (χ4n) is 1.95. The van der Waals surface area contributed by atoms with E-state index in [2.05, 4.69) is 15.4 Å². The van der Waals surface area contributed by atoms with Gasteiger partial charge in [0.15, 0.2) is 11.7 Å². The van der Waals surface area contributed by atoms with E-state index in [0.717, 1.165) is 4.70 Å². The molecule has 4 nitrogen and oxygen atoms in total. The Morgan fingerprint density at radius 3 is 2.95 bits per heavy atom. The number of benzene rings is 1. The van der Waals surface area contributed by atoms with Gasteiger partial charge in [0.05, 0.1) is 27.5 Å². The van der Waals surface area contributed by atoms with Crippen LogP contribution in [-0.2, 0) is 0 Å². The minimum atomic E-state index is -0.906. The Balaban J connectivity index is 2.04. The predicted octanol–water partition coefficient (Wildman–Crippen LogP) is 4.20. The molecular formula is C14H8ClN3OS2. The molecule has 0 spiro atoms. The molecule has 3 aromatic rings. The summed E-state index contributed by atoms with van der Waals surface area (Å²) in [6.07, 6.45) is 0. The molecule has 0 aliphatic heterocycles. The van der Waals surface area contributed by atoms with E-state index < -0.39 is 5.92 Å². The van der Waals surface area contributed by atoms with E-state index in [0.29, 0.717) is 26.8 Å². The van der Waals surface area contributed by atoms with Gasteiger partial charge in [0.25, 0.3) is 0 Å². The molecule has 21 heavy (non-hydrogen) atoms. The van der Waals surface area contributed by atoms with Crippen molar-refractivity contribution in [2.24, 2.45) is 0 Å². The Morgan fingerprint density at radius 1 is 1.48 bits per heavy atom. The number of ketones is 1. The van der Waals surface area contributed by atoms with Crippen LogP contribution in [0.3, 0.4) is 0 Å². The van der Waals surface area contributed by atoms with Gasteiger partial charge in [-0.3, -0.25) is 4.79 Å². The maximum atomic E-state index is 12.5. The minimum Gasteiger partial charge on any atom is -0.292 e. The zero-order valence-electron chi connectivity index (χ0n) is 10.8. The molecule has 0 amide bonds. The van der Waals surface area contributed by atoms with Crippen molar-refractivity contribution in [3.63, 3.8) is 0 Å². The van der Waals surface area contributed by atoms with Crippen molar-refractivity contribution in [3.05, 3.63) is 44.9 Å². The van der Waals surface area contributed by atoms with E-state index in [4.69, 9.17) is 11.6 Å². The summed E-state index contributed by atoms with van der Waals surface area (Å²) in [5.41, 5.74) is 1.84. The van der Waals surface area contributed by atoms with Crippen molar-refractivity contribution in [2.75, 3.05) is 0 Å². The number of rotatable bonds is 3. The lowest BCUT2D eigenvalue weighted by atomic mass is 10.0. The first-order valence-electron chi connectivity index (χ1n) is 6.01. The summed E-state index contributed by atoms with van der Waals surface area (Å²) in [7, 11) is 0. The Bertz CT molecular complexity index is 878. The number of thiazole rings is 1. The van der Waals surface area contributed by atoms with Gasteiger partial charge < -0.3 is 0 Å². The van der Waals surface area contributed by atoms with E-state index in [1.165, 1.54) is 22.9 Å². The van der Waals surface area contributed by atoms with Crippen LogP contribution in [0.2, 0.25) is 5.02 Å². The largest absolute Gasteiger partial charge is 0.292 e. The van der Waals surface area contributed by atoms with Gasteiger partial charge in [0, 0.05) is 10.4 Å². The minimum absolute atomic E-state index is 0.256. The fourth-order valence-corrected chi connectivity index (χ4v) is 3.81. The molecule has 0 aliphatic carbocycles. The first-order chi connectivity index (χ1) is 10.1. The smallest absolute Gasteiger partial charge is 0.189 e. The van der Waals surface area contributed by atoms with Gasteiger partial charge in [-0.25, -0.2) is 4.98 Å². The van der Waals surface area contributed by atoms with Crippen molar-refractivity contribution >= 4 is 50.5 Å². The van der Waals surface area contributed by atoms with E-state index in [-0.39, 0.29) is 5.78 Å². The molecule has 0 radical (unpaired) electrons. The molecule has 104 valence electrons. The van der Waals surface area contributed by atoms with Crippen LogP contribution >= 0.6 is 34.5 Å². The number of hydrogen-bond acceptors (Lipinski definition) is 6. The second-order valence-corrected chi connectivity index (χ2v) is 6.53. The van der Waals surface area contributed by atoms with Gasteiger partial charge in [0.2, 0.25) is 0 Å². The monoisotopic (exact) mass is 333 g/mol. The van der Waals surface area contributed by atoms with Gasteiger partial charge >= 0.3 is 0 Å². The third-order valence-electron chi connectivity index (χ3n) is 3.02. The Kier molecular flexibility index (Phi) is 3.72. The zero-order chi connectivity index (χ0) is 15.0. The van der Waals surface area contributed by atoms with Crippen molar-refractivity contribution in [1.29, 1.82) is 5.26 Å². The summed E-state index contributed by atoms with van der Waals surface area (Å²) in [5, 5.41) is 12.1. The Hall–Kier alpha value is -1.81. The second kappa shape index (κ2) is 5.53. The number of hydrogen-bond donors (Lipinski definition) is 0. The Morgan fingerprint density at radius 2 is 2.29 bits per heavy atom. The van der Waals surface area contributed by atoms with Crippen LogP contribution in [0.1, 0.15) is 27.0 Å². The predicted molar refractivity (Wildman–Crippen MR) is 84.2 cm³/mol. The maximum absolute atomic E-state index is 12.5.